The highest BCUT2D eigenvalue weighted by Crippen LogP contribution is 2.13. The Morgan fingerprint density at radius 2 is 2.33 bits per heavy atom. The van der Waals surface area contributed by atoms with Gasteiger partial charge in [-0.2, -0.15) is 5.10 Å². The van der Waals surface area contributed by atoms with Gasteiger partial charge in [0.2, 0.25) is 0 Å². The normalized spacial score (nSPS) is 13.9. The second kappa shape index (κ2) is 5.85. The van der Waals surface area contributed by atoms with Crippen molar-refractivity contribution >= 4 is 21.6 Å². The van der Waals surface area contributed by atoms with Crippen LogP contribution < -0.4 is 5.84 Å². The standard InChI is InChI=1S/C11H16BrN3/c1-3-8(2)6-11(15-13)10-5-4-9(12)7-14-10/h4-5,7-8H,3,6,13H2,1-2H3/b15-11-. The van der Waals surface area contributed by atoms with Gasteiger partial charge in [0.15, 0.2) is 0 Å². The van der Waals surface area contributed by atoms with Crippen molar-refractivity contribution in [2.45, 2.75) is 26.7 Å². The van der Waals surface area contributed by atoms with Gasteiger partial charge in [-0.1, -0.05) is 20.3 Å². The summed E-state index contributed by atoms with van der Waals surface area (Å²) in [5.41, 5.74) is 1.73. The highest BCUT2D eigenvalue weighted by atomic mass is 79.9. The van der Waals surface area contributed by atoms with E-state index in [4.69, 9.17) is 5.84 Å². The first-order chi connectivity index (χ1) is 7.17. The number of nitrogens with two attached hydrogens (primary N) is 1. The zero-order valence-electron chi connectivity index (χ0n) is 9.07. The van der Waals surface area contributed by atoms with Crippen molar-refractivity contribution in [1.82, 2.24) is 4.98 Å². The topological polar surface area (TPSA) is 51.3 Å². The van der Waals surface area contributed by atoms with E-state index in [9.17, 15) is 0 Å². The Hall–Kier alpha value is -0.900. The predicted molar refractivity (Wildman–Crippen MR) is 66.7 cm³/mol. The monoisotopic (exact) mass is 269 g/mol. The third kappa shape index (κ3) is 3.63. The fourth-order valence-corrected chi connectivity index (χ4v) is 1.48. The van der Waals surface area contributed by atoms with Crippen molar-refractivity contribution in [2.75, 3.05) is 0 Å². The summed E-state index contributed by atoms with van der Waals surface area (Å²) in [5, 5.41) is 3.81. The van der Waals surface area contributed by atoms with Crippen LogP contribution in [-0.4, -0.2) is 10.7 Å². The molecule has 1 aromatic rings. The van der Waals surface area contributed by atoms with Gasteiger partial charge in [0.25, 0.3) is 0 Å². The summed E-state index contributed by atoms with van der Waals surface area (Å²) in [4.78, 5) is 4.28. The molecule has 0 saturated carbocycles. The van der Waals surface area contributed by atoms with Gasteiger partial charge in [-0.3, -0.25) is 4.98 Å². The summed E-state index contributed by atoms with van der Waals surface area (Å²) in [7, 11) is 0. The van der Waals surface area contributed by atoms with Gasteiger partial charge in [-0.05, 0) is 40.4 Å². The van der Waals surface area contributed by atoms with Crippen LogP contribution in [0.4, 0.5) is 0 Å². The van der Waals surface area contributed by atoms with Gasteiger partial charge < -0.3 is 5.84 Å². The molecule has 15 heavy (non-hydrogen) atoms. The molecule has 82 valence electrons. The lowest BCUT2D eigenvalue weighted by molar-refractivity contribution is 0.586. The number of rotatable bonds is 4. The van der Waals surface area contributed by atoms with Crippen LogP contribution in [0.3, 0.4) is 0 Å². The minimum atomic E-state index is 0.581. The summed E-state index contributed by atoms with van der Waals surface area (Å²) < 4.78 is 0.964. The van der Waals surface area contributed by atoms with E-state index in [1.807, 2.05) is 12.1 Å². The molecule has 0 aliphatic carbocycles. The molecular formula is C11H16BrN3. The molecule has 0 amide bonds. The molecule has 1 unspecified atom stereocenters. The van der Waals surface area contributed by atoms with Crippen molar-refractivity contribution in [1.29, 1.82) is 0 Å². The molecule has 1 rings (SSSR count). The van der Waals surface area contributed by atoms with E-state index in [-0.39, 0.29) is 0 Å². The molecule has 3 nitrogen and oxygen atoms in total. The van der Waals surface area contributed by atoms with Crippen LogP contribution in [0.5, 0.6) is 0 Å². The molecule has 0 aliphatic rings. The number of hydrazone groups is 1. The maximum Gasteiger partial charge on any atom is 0.0863 e. The molecule has 0 aromatic carbocycles. The fraction of sp³-hybridized carbons (Fsp3) is 0.455. The SMILES string of the molecule is CCC(C)C/C(=N/N)c1ccc(Br)cn1. The summed E-state index contributed by atoms with van der Waals surface area (Å²) >= 11 is 3.35. The van der Waals surface area contributed by atoms with Gasteiger partial charge in [0.1, 0.15) is 0 Å². The predicted octanol–water partition coefficient (Wildman–Crippen LogP) is 2.94. The van der Waals surface area contributed by atoms with E-state index in [1.54, 1.807) is 6.20 Å². The van der Waals surface area contributed by atoms with Crippen LogP contribution in [0.1, 0.15) is 32.4 Å². The summed E-state index contributed by atoms with van der Waals surface area (Å²) in [6.07, 6.45) is 3.76. The number of hydrogen-bond donors (Lipinski definition) is 1. The van der Waals surface area contributed by atoms with Gasteiger partial charge in [-0.25, -0.2) is 0 Å². The Kier molecular flexibility index (Phi) is 4.75. The number of halogens is 1. The number of hydrogen-bond acceptors (Lipinski definition) is 3. The summed E-state index contributed by atoms with van der Waals surface area (Å²) in [6.45, 7) is 4.35. The van der Waals surface area contributed by atoms with E-state index in [2.05, 4.69) is 39.9 Å². The Labute approximate surface area is 98.9 Å². The van der Waals surface area contributed by atoms with Gasteiger partial charge >= 0.3 is 0 Å². The lowest BCUT2D eigenvalue weighted by Gasteiger charge is -2.09. The van der Waals surface area contributed by atoms with Crippen molar-refractivity contribution in [3.63, 3.8) is 0 Å². The van der Waals surface area contributed by atoms with Gasteiger partial charge in [0, 0.05) is 10.7 Å². The minimum Gasteiger partial charge on any atom is -0.323 e. The Morgan fingerprint density at radius 1 is 1.60 bits per heavy atom. The maximum atomic E-state index is 5.38. The molecular weight excluding hydrogens is 254 g/mol. The van der Waals surface area contributed by atoms with Crippen molar-refractivity contribution in [3.8, 4) is 0 Å². The number of nitrogens with zero attached hydrogens (tertiary/aromatic N) is 2. The molecule has 1 aromatic heterocycles. The second-order valence-electron chi connectivity index (χ2n) is 3.65. The number of pyridine rings is 1. The molecule has 4 heteroatoms. The molecule has 0 fully saturated rings. The van der Waals surface area contributed by atoms with E-state index in [0.29, 0.717) is 5.92 Å². The van der Waals surface area contributed by atoms with E-state index in [0.717, 1.165) is 28.7 Å². The van der Waals surface area contributed by atoms with Crippen LogP contribution in [0, 0.1) is 5.92 Å². The first kappa shape index (κ1) is 12.2. The van der Waals surface area contributed by atoms with Crippen LogP contribution >= 0.6 is 15.9 Å². The third-order valence-corrected chi connectivity index (χ3v) is 2.89. The van der Waals surface area contributed by atoms with E-state index < -0.39 is 0 Å². The minimum absolute atomic E-state index is 0.581. The lowest BCUT2D eigenvalue weighted by Crippen LogP contribution is -2.10. The molecule has 0 radical (unpaired) electrons. The molecule has 1 atom stereocenters. The third-order valence-electron chi connectivity index (χ3n) is 2.42. The van der Waals surface area contributed by atoms with Gasteiger partial charge in [-0.15, -0.1) is 0 Å². The average molecular weight is 270 g/mol. The molecule has 2 N–H and O–H groups in total. The van der Waals surface area contributed by atoms with Crippen LogP contribution in [0.2, 0.25) is 0 Å². The Morgan fingerprint density at radius 3 is 2.80 bits per heavy atom. The zero-order valence-corrected chi connectivity index (χ0v) is 10.7. The number of aromatic nitrogens is 1. The Bertz CT molecular complexity index is 332. The molecule has 0 aliphatic heterocycles. The molecule has 0 bridgehead atoms. The molecule has 0 spiro atoms. The van der Waals surface area contributed by atoms with Gasteiger partial charge in [0.05, 0.1) is 11.4 Å². The van der Waals surface area contributed by atoms with Crippen molar-refractivity contribution in [2.24, 2.45) is 16.9 Å². The van der Waals surface area contributed by atoms with Crippen LogP contribution in [0.25, 0.3) is 0 Å². The Balaban J connectivity index is 2.80. The second-order valence-corrected chi connectivity index (χ2v) is 4.57. The fourth-order valence-electron chi connectivity index (χ4n) is 1.24. The van der Waals surface area contributed by atoms with Crippen molar-refractivity contribution < 1.29 is 0 Å². The first-order valence-corrected chi connectivity index (χ1v) is 5.85. The largest absolute Gasteiger partial charge is 0.323 e. The zero-order chi connectivity index (χ0) is 11.3. The van der Waals surface area contributed by atoms with E-state index in [1.165, 1.54) is 0 Å². The quantitative estimate of drug-likeness (QED) is 0.519. The average Bonchev–Trinajstić information content (AvgIpc) is 2.27. The first-order valence-electron chi connectivity index (χ1n) is 5.06. The molecule has 0 saturated heterocycles. The van der Waals surface area contributed by atoms with E-state index >= 15 is 0 Å². The molecule has 1 heterocycles. The lowest BCUT2D eigenvalue weighted by atomic mass is 10.00. The maximum absolute atomic E-state index is 5.38. The highest BCUT2D eigenvalue weighted by molar-refractivity contribution is 9.10. The smallest absolute Gasteiger partial charge is 0.0863 e. The van der Waals surface area contributed by atoms with Crippen LogP contribution in [-0.2, 0) is 0 Å². The van der Waals surface area contributed by atoms with Crippen molar-refractivity contribution in [3.05, 3.63) is 28.5 Å². The highest BCUT2D eigenvalue weighted by Gasteiger charge is 2.09. The van der Waals surface area contributed by atoms with Crippen LogP contribution in [0.15, 0.2) is 27.9 Å². The summed E-state index contributed by atoms with van der Waals surface area (Å²) in [5.74, 6) is 5.96. The summed E-state index contributed by atoms with van der Waals surface area (Å²) in [6, 6.07) is 3.88.